The molecule has 0 aliphatic heterocycles. The zero-order chi connectivity index (χ0) is 11.3. The quantitative estimate of drug-likeness (QED) is 0.539. The summed E-state index contributed by atoms with van der Waals surface area (Å²) in [5.74, 6) is -0.394. The SMILES string of the molecule is COC(=O)CC(=O)N(C)c1ccccn1. The average Bonchev–Trinajstić information content (AvgIpc) is 2.29. The van der Waals surface area contributed by atoms with Gasteiger partial charge in [-0.1, -0.05) is 6.07 Å². The highest BCUT2D eigenvalue weighted by Gasteiger charge is 2.15. The Hall–Kier alpha value is -1.91. The highest BCUT2D eigenvalue weighted by molar-refractivity contribution is 6.02. The first-order valence-corrected chi connectivity index (χ1v) is 4.39. The third-order valence-electron chi connectivity index (χ3n) is 1.89. The summed E-state index contributed by atoms with van der Waals surface area (Å²) in [5.41, 5.74) is 0. The van der Waals surface area contributed by atoms with E-state index < -0.39 is 5.97 Å². The highest BCUT2D eigenvalue weighted by atomic mass is 16.5. The highest BCUT2D eigenvalue weighted by Crippen LogP contribution is 2.08. The number of rotatable bonds is 3. The lowest BCUT2D eigenvalue weighted by Gasteiger charge is -2.14. The molecule has 1 aromatic heterocycles. The number of aromatic nitrogens is 1. The molecule has 0 unspecified atom stereocenters. The largest absolute Gasteiger partial charge is 0.469 e. The summed E-state index contributed by atoms with van der Waals surface area (Å²) >= 11 is 0. The molecule has 0 bridgehead atoms. The number of pyridine rings is 1. The number of methoxy groups -OCH3 is 1. The fourth-order valence-electron chi connectivity index (χ4n) is 0.994. The van der Waals surface area contributed by atoms with E-state index in [1.807, 2.05) is 0 Å². The monoisotopic (exact) mass is 208 g/mol. The molecule has 0 aromatic carbocycles. The van der Waals surface area contributed by atoms with Crippen LogP contribution in [0.5, 0.6) is 0 Å². The first-order chi connectivity index (χ1) is 7.15. The van der Waals surface area contributed by atoms with E-state index >= 15 is 0 Å². The molecule has 1 amide bonds. The molecule has 0 saturated carbocycles. The van der Waals surface area contributed by atoms with Crippen molar-refractivity contribution in [2.75, 3.05) is 19.1 Å². The van der Waals surface area contributed by atoms with Crippen LogP contribution < -0.4 is 4.90 Å². The minimum Gasteiger partial charge on any atom is -0.469 e. The summed E-state index contributed by atoms with van der Waals surface area (Å²) in [7, 11) is 2.81. The van der Waals surface area contributed by atoms with Crippen molar-refractivity contribution >= 4 is 17.7 Å². The molecule has 15 heavy (non-hydrogen) atoms. The molecular formula is C10H12N2O3. The zero-order valence-corrected chi connectivity index (χ0v) is 8.64. The van der Waals surface area contributed by atoms with Crippen molar-refractivity contribution in [3.63, 3.8) is 0 Å². The predicted octanol–water partition coefficient (Wildman–Crippen LogP) is 0.607. The first-order valence-electron chi connectivity index (χ1n) is 4.39. The van der Waals surface area contributed by atoms with Crippen LogP contribution in [0, 0.1) is 0 Å². The molecule has 0 N–H and O–H groups in total. The zero-order valence-electron chi connectivity index (χ0n) is 8.64. The summed E-state index contributed by atoms with van der Waals surface area (Å²) in [5, 5.41) is 0. The van der Waals surface area contributed by atoms with Crippen molar-refractivity contribution < 1.29 is 14.3 Å². The van der Waals surface area contributed by atoms with Gasteiger partial charge >= 0.3 is 5.97 Å². The lowest BCUT2D eigenvalue weighted by atomic mass is 10.3. The molecule has 80 valence electrons. The summed E-state index contributed by atoms with van der Waals surface area (Å²) in [6.45, 7) is 0. The predicted molar refractivity (Wildman–Crippen MR) is 54.3 cm³/mol. The van der Waals surface area contributed by atoms with Crippen molar-refractivity contribution in [1.29, 1.82) is 0 Å². The molecule has 0 aliphatic rings. The molecule has 5 nitrogen and oxygen atoms in total. The number of nitrogens with zero attached hydrogens (tertiary/aromatic N) is 2. The van der Waals surface area contributed by atoms with E-state index in [2.05, 4.69) is 9.72 Å². The minimum absolute atomic E-state index is 0.274. The maximum atomic E-state index is 11.5. The maximum Gasteiger partial charge on any atom is 0.315 e. The fourth-order valence-corrected chi connectivity index (χ4v) is 0.994. The van der Waals surface area contributed by atoms with Crippen LogP contribution in [0.25, 0.3) is 0 Å². The Kier molecular flexibility index (Phi) is 3.79. The van der Waals surface area contributed by atoms with E-state index in [0.29, 0.717) is 5.82 Å². The summed E-state index contributed by atoms with van der Waals surface area (Å²) in [6, 6.07) is 5.21. The standard InChI is InChI=1S/C10H12N2O3/c1-12(8-5-3-4-6-11-8)9(13)7-10(14)15-2/h3-6H,7H2,1-2H3. The fraction of sp³-hybridized carbons (Fsp3) is 0.300. The van der Waals surface area contributed by atoms with Crippen LogP contribution >= 0.6 is 0 Å². The molecule has 1 heterocycles. The number of hydrogen-bond acceptors (Lipinski definition) is 4. The van der Waals surface area contributed by atoms with Crippen molar-refractivity contribution in [2.24, 2.45) is 0 Å². The Morgan fingerprint density at radius 2 is 2.20 bits per heavy atom. The van der Waals surface area contributed by atoms with E-state index in [1.165, 1.54) is 12.0 Å². The third-order valence-corrected chi connectivity index (χ3v) is 1.89. The smallest absolute Gasteiger partial charge is 0.315 e. The molecule has 5 heteroatoms. The number of anilines is 1. The van der Waals surface area contributed by atoms with Gasteiger partial charge in [-0.15, -0.1) is 0 Å². The Morgan fingerprint density at radius 3 is 2.73 bits per heavy atom. The van der Waals surface area contributed by atoms with E-state index in [9.17, 15) is 9.59 Å². The van der Waals surface area contributed by atoms with E-state index in [-0.39, 0.29) is 12.3 Å². The normalized spacial score (nSPS) is 9.47. The van der Waals surface area contributed by atoms with Crippen molar-refractivity contribution in [3.05, 3.63) is 24.4 Å². The van der Waals surface area contributed by atoms with Gasteiger partial charge in [0, 0.05) is 13.2 Å². The molecule has 0 radical (unpaired) electrons. The van der Waals surface area contributed by atoms with Crippen molar-refractivity contribution in [3.8, 4) is 0 Å². The molecule has 0 saturated heterocycles. The molecule has 0 atom stereocenters. The third kappa shape index (κ3) is 3.05. The second-order valence-electron chi connectivity index (χ2n) is 2.89. The Morgan fingerprint density at radius 1 is 1.47 bits per heavy atom. The van der Waals surface area contributed by atoms with Crippen molar-refractivity contribution in [1.82, 2.24) is 4.98 Å². The number of carbonyl (C=O) groups is 2. The van der Waals surface area contributed by atoms with Gasteiger partial charge in [-0.05, 0) is 12.1 Å². The molecule has 1 aromatic rings. The van der Waals surface area contributed by atoms with Gasteiger partial charge in [-0.2, -0.15) is 0 Å². The Labute approximate surface area is 87.7 Å². The molecule has 0 aliphatic carbocycles. The van der Waals surface area contributed by atoms with Crippen LogP contribution in [0.1, 0.15) is 6.42 Å². The van der Waals surface area contributed by atoms with Crippen LogP contribution in [0.15, 0.2) is 24.4 Å². The summed E-state index contributed by atoms with van der Waals surface area (Å²) < 4.78 is 4.40. The van der Waals surface area contributed by atoms with E-state index in [4.69, 9.17) is 0 Å². The van der Waals surface area contributed by atoms with Crippen LogP contribution in [0.2, 0.25) is 0 Å². The van der Waals surface area contributed by atoms with Crippen LogP contribution in [0.4, 0.5) is 5.82 Å². The first kappa shape index (κ1) is 11.2. The second kappa shape index (κ2) is 5.09. The van der Waals surface area contributed by atoms with Gasteiger partial charge in [0.15, 0.2) is 0 Å². The molecular weight excluding hydrogens is 196 g/mol. The molecule has 0 spiro atoms. The van der Waals surface area contributed by atoms with Crippen molar-refractivity contribution in [2.45, 2.75) is 6.42 Å². The van der Waals surface area contributed by atoms with Gasteiger partial charge < -0.3 is 4.74 Å². The summed E-state index contributed by atoms with van der Waals surface area (Å²) in [4.78, 5) is 27.7. The topological polar surface area (TPSA) is 59.5 Å². The van der Waals surface area contributed by atoms with Gasteiger partial charge in [0.05, 0.1) is 7.11 Å². The molecule has 0 fully saturated rings. The Balaban J connectivity index is 2.65. The van der Waals surface area contributed by atoms with Gasteiger partial charge in [0.25, 0.3) is 0 Å². The number of hydrogen-bond donors (Lipinski definition) is 0. The number of ether oxygens (including phenoxy) is 1. The van der Waals surface area contributed by atoms with E-state index in [0.717, 1.165) is 0 Å². The number of esters is 1. The second-order valence-corrected chi connectivity index (χ2v) is 2.89. The average molecular weight is 208 g/mol. The maximum absolute atomic E-state index is 11.5. The van der Waals surface area contributed by atoms with Gasteiger partial charge in [-0.25, -0.2) is 4.98 Å². The number of amides is 1. The van der Waals surface area contributed by atoms with Crippen LogP contribution in [-0.4, -0.2) is 31.0 Å². The summed E-state index contributed by atoms with van der Waals surface area (Å²) in [6.07, 6.45) is 1.31. The molecule has 1 rings (SSSR count). The Bertz CT molecular complexity index is 351. The number of carbonyl (C=O) groups excluding carboxylic acids is 2. The minimum atomic E-state index is -0.553. The van der Waals surface area contributed by atoms with Gasteiger partial charge in [0.1, 0.15) is 12.2 Å². The van der Waals surface area contributed by atoms with Crippen LogP contribution in [-0.2, 0) is 14.3 Å². The lowest BCUT2D eigenvalue weighted by molar-refractivity contribution is -0.143. The van der Waals surface area contributed by atoms with Gasteiger partial charge in [-0.3, -0.25) is 14.5 Å². The van der Waals surface area contributed by atoms with Crippen LogP contribution in [0.3, 0.4) is 0 Å². The van der Waals surface area contributed by atoms with Gasteiger partial charge in [0.2, 0.25) is 5.91 Å². The van der Waals surface area contributed by atoms with E-state index in [1.54, 1.807) is 31.4 Å². The lowest BCUT2D eigenvalue weighted by Crippen LogP contribution is -2.29.